The molecule has 5 nitrogen and oxygen atoms in total. The van der Waals surface area contributed by atoms with Gasteiger partial charge in [-0.3, -0.25) is 4.79 Å². The molecule has 0 spiro atoms. The summed E-state index contributed by atoms with van der Waals surface area (Å²) in [5, 5.41) is 12.7. The number of rotatable bonds is 4. The standard InChI is InChI=1S/C15H16N2O3/c1-8-2-3-10-7-12(16-11(10)6-8)14(18)17-13(15(19)20)9-4-5-9/h2-3,6-7,9,13,16H,4-5H2,1H3,(H,17,18)(H,19,20). The number of aromatic nitrogens is 1. The number of aryl methyl sites for hydroxylation is 1. The van der Waals surface area contributed by atoms with Crippen LogP contribution in [-0.4, -0.2) is 28.0 Å². The Hall–Kier alpha value is -2.30. The Morgan fingerprint density at radius 2 is 2.10 bits per heavy atom. The van der Waals surface area contributed by atoms with Gasteiger partial charge < -0.3 is 15.4 Å². The smallest absolute Gasteiger partial charge is 0.326 e. The lowest BCUT2D eigenvalue weighted by Crippen LogP contribution is -2.42. The van der Waals surface area contributed by atoms with Crippen molar-refractivity contribution in [2.45, 2.75) is 25.8 Å². The minimum absolute atomic E-state index is 0.0723. The predicted molar refractivity (Wildman–Crippen MR) is 74.6 cm³/mol. The Balaban J connectivity index is 1.82. The van der Waals surface area contributed by atoms with E-state index in [0.717, 1.165) is 29.3 Å². The number of benzene rings is 1. The van der Waals surface area contributed by atoms with Gasteiger partial charge in [-0.25, -0.2) is 4.79 Å². The highest BCUT2D eigenvalue weighted by atomic mass is 16.4. The molecule has 1 aliphatic carbocycles. The third-order valence-electron chi connectivity index (χ3n) is 3.67. The van der Waals surface area contributed by atoms with E-state index >= 15 is 0 Å². The van der Waals surface area contributed by atoms with Gasteiger partial charge in [0, 0.05) is 10.9 Å². The minimum Gasteiger partial charge on any atom is -0.480 e. The van der Waals surface area contributed by atoms with Gasteiger partial charge in [0.05, 0.1) is 0 Å². The third kappa shape index (κ3) is 2.39. The molecule has 1 aromatic heterocycles. The van der Waals surface area contributed by atoms with Gasteiger partial charge >= 0.3 is 5.97 Å². The van der Waals surface area contributed by atoms with Crippen molar-refractivity contribution < 1.29 is 14.7 Å². The fourth-order valence-electron chi connectivity index (χ4n) is 2.39. The number of carboxylic acids is 1. The molecule has 104 valence electrons. The normalized spacial score (nSPS) is 16.1. The number of carboxylic acid groups (broad SMARTS) is 1. The average Bonchev–Trinajstić information content (AvgIpc) is 3.14. The number of nitrogens with one attached hydrogen (secondary N) is 2. The molecule has 1 atom stereocenters. The van der Waals surface area contributed by atoms with E-state index in [4.69, 9.17) is 5.11 Å². The number of aliphatic carboxylic acids is 1. The van der Waals surface area contributed by atoms with Gasteiger partial charge in [-0.2, -0.15) is 0 Å². The molecule has 1 aliphatic rings. The molecule has 1 heterocycles. The molecular weight excluding hydrogens is 256 g/mol. The molecule has 0 saturated heterocycles. The summed E-state index contributed by atoms with van der Waals surface area (Å²) in [6.45, 7) is 1.98. The molecule has 2 aromatic rings. The molecule has 0 aliphatic heterocycles. The molecule has 1 amide bonds. The second-order valence-electron chi connectivity index (χ2n) is 5.40. The first-order valence-electron chi connectivity index (χ1n) is 6.67. The highest BCUT2D eigenvalue weighted by Gasteiger charge is 2.37. The van der Waals surface area contributed by atoms with E-state index in [1.54, 1.807) is 6.07 Å². The van der Waals surface area contributed by atoms with Gasteiger partial charge in [-0.15, -0.1) is 0 Å². The Bertz CT molecular complexity index is 685. The van der Waals surface area contributed by atoms with Gasteiger partial charge in [0.15, 0.2) is 0 Å². The zero-order chi connectivity index (χ0) is 14.3. The monoisotopic (exact) mass is 272 g/mol. The number of hydrogen-bond donors (Lipinski definition) is 3. The van der Waals surface area contributed by atoms with E-state index in [2.05, 4.69) is 10.3 Å². The van der Waals surface area contributed by atoms with E-state index in [-0.39, 0.29) is 11.8 Å². The van der Waals surface area contributed by atoms with Crippen LogP contribution >= 0.6 is 0 Å². The van der Waals surface area contributed by atoms with E-state index in [1.165, 1.54) is 0 Å². The number of hydrogen-bond acceptors (Lipinski definition) is 2. The molecule has 0 radical (unpaired) electrons. The van der Waals surface area contributed by atoms with Crippen LogP contribution in [0.1, 0.15) is 28.9 Å². The van der Waals surface area contributed by atoms with Crippen LogP contribution in [0.15, 0.2) is 24.3 Å². The molecule has 3 rings (SSSR count). The highest BCUT2D eigenvalue weighted by Crippen LogP contribution is 2.32. The summed E-state index contributed by atoms with van der Waals surface area (Å²) in [6, 6.07) is 6.84. The maximum atomic E-state index is 12.1. The topological polar surface area (TPSA) is 82.2 Å². The number of fused-ring (bicyclic) bond motifs is 1. The average molecular weight is 272 g/mol. The van der Waals surface area contributed by atoms with Gasteiger partial charge in [0.1, 0.15) is 11.7 Å². The van der Waals surface area contributed by atoms with Crippen LogP contribution in [0.4, 0.5) is 0 Å². The van der Waals surface area contributed by atoms with Crippen molar-refractivity contribution in [3.8, 4) is 0 Å². The van der Waals surface area contributed by atoms with Crippen LogP contribution in [-0.2, 0) is 4.79 Å². The van der Waals surface area contributed by atoms with Crippen molar-refractivity contribution in [2.24, 2.45) is 5.92 Å². The van der Waals surface area contributed by atoms with Gasteiger partial charge in [-0.05, 0) is 43.4 Å². The lowest BCUT2D eigenvalue weighted by atomic mass is 10.1. The van der Waals surface area contributed by atoms with E-state index < -0.39 is 12.0 Å². The predicted octanol–water partition coefficient (Wildman–Crippen LogP) is 2.07. The Morgan fingerprint density at radius 3 is 2.75 bits per heavy atom. The fraction of sp³-hybridized carbons (Fsp3) is 0.333. The number of carbonyl (C=O) groups is 2. The first kappa shape index (κ1) is 12.7. The zero-order valence-electron chi connectivity index (χ0n) is 11.1. The number of H-pyrrole nitrogens is 1. The summed E-state index contributed by atoms with van der Waals surface area (Å²) in [4.78, 5) is 26.3. The van der Waals surface area contributed by atoms with Crippen molar-refractivity contribution in [3.63, 3.8) is 0 Å². The minimum atomic E-state index is -0.965. The van der Waals surface area contributed by atoms with E-state index in [1.807, 2.05) is 25.1 Å². The SMILES string of the molecule is Cc1ccc2cc(C(=O)NC(C(=O)O)C3CC3)[nH]c2c1. The van der Waals surface area contributed by atoms with Crippen LogP contribution in [0, 0.1) is 12.8 Å². The van der Waals surface area contributed by atoms with Crippen molar-refractivity contribution in [1.29, 1.82) is 0 Å². The number of aromatic amines is 1. The van der Waals surface area contributed by atoms with Crippen LogP contribution in [0.5, 0.6) is 0 Å². The van der Waals surface area contributed by atoms with Gasteiger partial charge in [0.25, 0.3) is 5.91 Å². The van der Waals surface area contributed by atoms with Crippen LogP contribution in [0.25, 0.3) is 10.9 Å². The van der Waals surface area contributed by atoms with Crippen LogP contribution in [0.2, 0.25) is 0 Å². The summed E-state index contributed by atoms with van der Waals surface area (Å²) < 4.78 is 0. The maximum Gasteiger partial charge on any atom is 0.326 e. The van der Waals surface area contributed by atoms with Crippen LogP contribution in [0.3, 0.4) is 0 Å². The number of carbonyl (C=O) groups excluding carboxylic acids is 1. The maximum absolute atomic E-state index is 12.1. The first-order chi connectivity index (χ1) is 9.54. The fourth-order valence-corrected chi connectivity index (χ4v) is 2.39. The Morgan fingerprint density at radius 1 is 1.35 bits per heavy atom. The molecule has 1 unspecified atom stereocenters. The van der Waals surface area contributed by atoms with Crippen molar-refractivity contribution in [1.82, 2.24) is 10.3 Å². The largest absolute Gasteiger partial charge is 0.480 e. The van der Waals surface area contributed by atoms with Gasteiger partial charge in [-0.1, -0.05) is 12.1 Å². The molecule has 3 N–H and O–H groups in total. The van der Waals surface area contributed by atoms with Crippen molar-refractivity contribution in [3.05, 3.63) is 35.5 Å². The van der Waals surface area contributed by atoms with Crippen molar-refractivity contribution in [2.75, 3.05) is 0 Å². The molecule has 1 saturated carbocycles. The Labute approximate surface area is 116 Å². The quantitative estimate of drug-likeness (QED) is 0.796. The molecular formula is C15H16N2O3. The first-order valence-corrected chi connectivity index (χ1v) is 6.67. The van der Waals surface area contributed by atoms with Crippen LogP contribution < -0.4 is 5.32 Å². The summed E-state index contributed by atoms with van der Waals surface area (Å²) in [5.41, 5.74) is 2.39. The lowest BCUT2D eigenvalue weighted by Gasteiger charge is -2.12. The zero-order valence-corrected chi connectivity index (χ0v) is 11.1. The van der Waals surface area contributed by atoms with Gasteiger partial charge in [0.2, 0.25) is 0 Å². The summed E-state index contributed by atoms with van der Waals surface area (Å²) in [7, 11) is 0. The molecule has 20 heavy (non-hydrogen) atoms. The molecule has 0 bridgehead atoms. The summed E-state index contributed by atoms with van der Waals surface area (Å²) in [6.07, 6.45) is 1.73. The second-order valence-corrected chi connectivity index (χ2v) is 5.40. The summed E-state index contributed by atoms with van der Waals surface area (Å²) in [5.74, 6) is -1.26. The number of amides is 1. The highest BCUT2D eigenvalue weighted by molar-refractivity contribution is 5.99. The molecule has 1 fully saturated rings. The Kier molecular flexibility index (Phi) is 2.97. The third-order valence-corrected chi connectivity index (χ3v) is 3.67. The second kappa shape index (κ2) is 4.67. The van der Waals surface area contributed by atoms with E-state index in [0.29, 0.717) is 5.69 Å². The lowest BCUT2D eigenvalue weighted by molar-refractivity contribution is -0.139. The molecule has 5 heteroatoms. The molecule has 1 aromatic carbocycles. The van der Waals surface area contributed by atoms with Crippen molar-refractivity contribution >= 4 is 22.8 Å². The van der Waals surface area contributed by atoms with E-state index in [9.17, 15) is 9.59 Å². The summed E-state index contributed by atoms with van der Waals surface area (Å²) >= 11 is 0.